The van der Waals surface area contributed by atoms with Crippen LogP contribution in [0.4, 0.5) is 0 Å². The van der Waals surface area contributed by atoms with Crippen LogP contribution in [0.15, 0.2) is 25.3 Å². The van der Waals surface area contributed by atoms with Crippen LogP contribution in [-0.4, -0.2) is 29.6 Å². The lowest BCUT2D eigenvalue weighted by atomic mass is 9.66. The minimum atomic E-state index is -0.242. The van der Waals surface area contributed by atoms with E-state index in [2.05, 4.69) is 13.2 Å². The second-order valence-corrected chi connectivity index (χ2v) is 6.43. The Labute approximate surface area is 139 Å². The van der Waals surface area contributed by atoms with Crippen LogP contribution in [0.3, 0.4) is 0 Å². The number of hydrogen-bond acceptors (Lipinski definition) is 4. The third kappa shape index (κ3) is 1.55. The average molecular weight is 328 g/mol. The number of allylic oxidation sites excluding steroid dienone is 2. The van der Waals surface area contributed by atoms with Crippen molar-refractivity contribution in [1.29, 1.82) is 0 Å². The van der Waals surface area contributed by atoms with Crippen molar-refractivity contribution >= 4 is 0 Å². The van der Waals surface area contributed by atoms with Gasteiger partial charge in [-0.1, -0.05) is 12.2 Å². The molecule has 0 amide bonds. The van der Waals surface area contributed by atoms with Gasteiger partial charge in [0.1, 0.15) is 0 Å². The van der Waals surface area contributed by atoms with Gasteiger partial charge in [-0.15, -0.1) is 13.2 Å². The highest BCUT2D eigenvalue weighted by Gasteiger charge is 2.48. The van der Waals surface area contributed by atoms with Crippen molar-refractivity contribution in [3.05, 3.63) is 47.6 Å². The first-order chi connectivity index (χ1) is 11.5. The highest BCUT2D eigenvalue weighted by atomic mass is 16.3. The summed E-state index contributed by atoms with van der Waals surface area (Å²) in [7, 11) is 0. The minimum absolute atomic E-state index is 0.0121. The zero-order chi connectivity index (χ0) is 17.2. The molecule has 6 nitrogen and oxygen atoms in total. The summed E-state index contributed by atoms with van der Waals surface area (Å²) in [5, 5.41) is 42.4. The molecule has 2 aromatic heterocycles. The first kappa shape index (κ1) is 14.8. The smallest absolute Gasteiger partial charge is 0.198 e. The van der Waals surface area contributed by atoms with Crippen LogP contribution in [0.25, 0.3) is 0 Å². The van der Waals surface area contributed by atoms with E-state index < -0.39 is 0 Å². The number of aromatic nitrogens is 2. The standard InChI is InChI=1S/C18H20N2O4/c1-3-7-19-15(21)11-9-5-6-10(12(11)16(19)22)14-13(9)17(23)20(8-4-2)18(14)24/h3-4,9-10,21-24H,1-2,5-8H2. The van der Waals surface area contributed by atoms with Gasteiger partial charge in [0, 0.05) is 47.2 Å². The first-order valence-corrected chi connectivity index (χ1v) is 8.03. The van der Waals surface area contributed by atoms with Gasteiger partial charge in [-0.2, -0.15) is 0 Å². The molecule has 24 heavy (non-hydrogen) atoms. The Morgan fingerprint density at radius 1 is 0.708 bits per heavy atom. The summed E-state index contributed by atoms with van der Waals surface area (Å²) < 4.78 is 2.83. The number of fused-ring (bicyclic) bond motifs is 1. The second-order valence-electron chi connectivity index (χ2n) is 6.43. The number of hydrogen-bond donors (Lipinski definition) is 4. The lowest BCUT2D eigenvalue weighted by Crippen LogP contribution is -2.22. The van der Waals surface area contributed by atoms with Crippen molar-refractivity contribution in [2.45, 2.75) is 37.8 Å². The topological polar surface area (TPSA) is 90.8 Å². The molecule has 3 aliphatic carbocycles. The summed E-state index contributed by atoms with van der Waals surface area (Å²) in [5.41, 5.74) is 2.63. The molecule has 5 rings (SSSR count). The third-order valence-corrected chi connectivity index (χ3v) is 5.33. The Balaban J connectivity index is 1.99. The Morgan fingerprint density at radius 2 is 1.00 bits per heavy atom. The minimum Gasteiger partial charge on any atom is -0.494 e. The molecule has 0 aromatic carbocycles. The maximum atomic E-state index is 10.6. The van der Waals surface area contributed by atoms with Crippen LogP contribution in [0, 0.1) is 0 Å². The molecule has 0 unspecified atom stereocenters. The second kappa shape index (κ2) is 4.87. The van der Waals surface area contributed by atoms with Crippen LogP contribution < -0.4 is 0 Å². The number of rotatable bonds is 4. The first-order valence-electron chi connectivity index (χ1n) is 8.03. The van der Waals surface area contributed by atoms with Crippen LogP contribution in [0.5, 0.6) is 23.5 Å². The van der Waals surface area contributed by atoms with E-state index in [1.807, 2.05) is 0 Å². The summed E-state index contributed by atoms with van der Waals surface area (Å²) in [6.45, 7) is 7.89. The van der Waals surface area contributed by atoms with Crippen molar-refractivity contribution in [2.75, 3.05) is 0 Å². The monoisotopic (exact) mass is 328 g/mol. The van der Waals surface area contributed by atoms with Gasteiger partial charge in [0.2, 0.25) is 0 Å². The summed E-state index contributed by atoms with van der Waals surface area (Å²) in [5.74, 6) is -0.435. The maximum absolute atomic E-state index is 10.6. The molecule has 126 valence electrons. The van der Waals surface area contributed by atoms with Crippen molar-refractivity contribution in [3.63, 3.8) is 0 Å². The summed E-state index contributed by atoms with van der Waals surface area (Å²) in [4.78, 5) is 0. The maximum Gasteiger partial charge on any atom is 0.198 e. The largest absolute Gasteiger partial charge is 0.494 e. The van der Waals surface area contributed by atoms with E-state index in [-0.39, 0.29) is 35.4 Å². The molecule has 0 radical (unpaired) electrons. The van der Waals surface area contributed by atoms with Gasteiger partial charge in [-0.25, -0.2) is 0 Å². The van der Waals surface area contributed by atoms with E-state index in [0.717, 1.165) is 12.8 Å². The molecular formula is C18H20N2O4. The fraction of sp³-hybridized carbons (Fsp3) is 0.333. The van der Waals surface area contributed by atoms with Crippen molar-refractivity contribution in [2.24, 2.45) is 0 Å². The Bertz CT molecular complexity index is 747. The van der Waals surface area contributed by atoms with Crippen LogP contribution >= 0.6 is 0 Å². The van der Waals surface area contributed by atoms with Gasteiger partial charge in [-0.3, -0.25) is 9.13 Å². The van der Waals surface area contributed by atoms with Crippen LogP contribution in [0.1, 0.15) is 46.9 Å². The van der Waals surface area contributed by atoms with Gasteiger partial charge in [0.15, 0.2) is 23.5 Å². The molecule has 0 spiro atoms. The normalized spacial score (nSPS) is 20.7. The molecule has 0 saturated heterocycles. The third-order valence-electron chi connectivity index (χ3n) is 5.33. The molecule has 3 aliphatic rings. The van der Waals surface area contributed by atoms with Crippen LogP contribution in [-0.2, 0) is 13.1 Å². The van der Waals surface area contributed by atoms with E-state index >= 15 is 0 Å². The van der Waals surface area contributed by atoms with E-state index in [1.54, 1.807) is 12.2 Å². The van der Waals surface area contributed by atoms with Gasteiger partial charge in [0.05, 0.1) is 0 Å². The Morgan fingerprint density at radius 3 is 1.25 bits per heavy atom. The summed E-state index contributed by atoms with van der Waals surface area (Å²) in [6, 6.07) is 0. The predicted octanol–water partition coefficient (Wildman–Crippen LogP) is 2.86. The van der Waals surface area contributed by atoms with Gasteiger partial charge in [-0.05, 0) is 12.8 Å². The molecule has 2 heterocycles. The summed E-state index contributed by atoms with van der Waals surface area (Å²) in [6.07, 6.45) is 4.71. The predicted molar refractivity (Wildman–Crippen MR) is 88.8 cm³/mol. The zero-order valence-electron chi connectivity index (χ0n) is 13.2. The van der Waals surface area contributed by atoms with Gasteiger partial charge < -0.3 is 20.4 Å². The highest BCUT2D eigenvalue weighted by molar-refractivity contribution is 5.67. The fourth-order valence-corrected chi connectivity index (χ4v) is 4.44. The van der Waals surface area contributed by atoms with Crippen molar-refractivity contribution in [1.82, 2.24) is 9.13 Å². The Hall–Kier alpha value is -2.76. The van der Waals surface area contributed by atoms with Gasteiger partial charge in [0.25, 0.3) is 0 Å². The number of aromatic hydroxyl groups is 4. The molecule has 0 fully saturated rings. The number of nitrogens with zero attached hydrogens (tertiary/aromatic N) is 2. The van der Waals surface area contributed by atoms with Gasteiger partial charge >= 0.3 is 0 Å². The fourth-order valence-electron chi connectivity index (χ4n) is 4.44. The molecule has 2 bridgehead atoms. The quantitative estimate of drug-likeness (QED) is 0.650. The van der Waals surface area contributed by atoms with Crippen molar-refractivity contribution < 1.29 is 20.4 Å². The lowest BCUT2D eigenvalue weighted by Gasteiger charge is -2.35. The van der Waals surface area contributed by atoms with E-state index in [9.17, 15) is 20.4 Å². The summed E-state index contributed by atoms with van der Waals surface area (Å²) >= 11 is 0. The molecule has 0 aliphatic heterocycles. The van der Waals surface area contributed by atoms with Crippen LogP contribution in [0.2, 0.25) is 0 Å². The van der Waals surface area contributed by atoms with E-state index in [4.69, 9.17) is 0 Å². The Kier molecular flexibility index (Phi) is 3.00. The average Bonchev–Trinajstić information content (AvgIpc) is 2.99. The SMILES string of the molecule is C=CCn1c(O)c2c(c1O)C1CCC2c2c1c(O)n(CC=C)c2O. The molecule has 6 heteroatoms. The lowest BCUT2D eigenvalue weighted by molar-refractivity contribution is 0.372. The zero-order valence-corrected chi connectivity index (χ0v) is 13.2. The highest BCUT2D eigenvalue weighted by Crippen LogP contribution is 2.63. The van der Waals surface area contributed by atoms with E-state index in [1.165, 1.54) is 9.13 Å². The molecule has 0 atom stereocenters. The van der Waals surface area contributed by atoms with Crippen molar-refractivity contribution in [3.8, 4) is 23.5 Å². The molecule has 0 saturated carbocycles. The molecule has 2 aromatic rings. The molecule has 4 N–H and O–H groups in total. The van der Waals surface area contributed by atoms with E-state index in [0.29, 0.717) is 35.3 Å². The molecular weight excluding hydrogens is 308 g/mol.